The zero-order chi connectivity index (χ0) is 22.5. The van der Waals surface area contributed by atoms with Gasteiger partial charge >= 0.3 is 6.03 Å². The molecule has 1 unspecified atom stereocenters. The standard InChI is InChI=1S/C25H31ClN4O2/c26-22-11-10-18(23(31)17-6-2-1-3-7-17)16-21(22)24(27)30-14-12-20(13-15-30)29-25(32)28-19-8-4-5-9-19/h1-3,6-7,10-11,16,19-20,24H,4-5,8-9,12-15,27H2,(H2,28,29,32). The summed E-state index contributed by atoms with van der Waals surface area (Å²) >= 11 is 6.46. The lowest BCUT2D eigenvalue weighted by atomic mass is 9.98. The molecule has 1 atom stereocenters. The Balaban J connectivity index is 1.35. The van der Waals surface area contributed by atoms with Crippen LogP contribution >= 0.6 is 11.6 Å². The largest absolute Gasteiger partial charge is 0.335 e. The fraction of sp³-hybridized carbons (Fsp3) is 0.440. The third kappa shape index (κ3) is 5.49. The first-order valence-corrected chi connectivity index (χ1v) is 11.8. The van der Waals surface area contributed by atoms with Gasteiger partial charge in [0.2, 0.25) is 0 Å². The number of ketones is 1. The molecular weight excluding hydrogens is 424 g/mol. The number of amides is 2. The Morgan fingerprint density at radius 1 is 0.906 bits per heavy atom. The Labute approximate surface area is 194 Å². The predicted molar refractivity (Wildman–Crippen MR) is 127 cm³/mol. The highest BCUT2D eigenvalue weighted by atomic mass is 35.5. The molecule has 2 amide bonds. The molecule has 2 fully saturated rings. The van der Waals surface area contributed by atoms with Crippen LogP contribution in [0.2, 0.25) is 5.02 Å². The Morgan fingerprint density at radius 3 is 2.19 bits per heavy atom. The topological polar surface area (TPSA) is 87.5 Å². The van der Waals surface area contributed by atoms with E-state index >= 15 is 0 Å². The monoisotopic (exact) mass is 454 g/mol. The third-order valence-electron chi connectivity index (χ3n) is 6.56. The summed E-state index contributed by atoms with van der Waals surface area (Å²) in [5.41, 5.74) is 8.52. The normalized spacial score (nSPS) is 18.9. The molecule has 6 nitrogen and oxygen atoms in total. The second-order valence-electron chi connectivity index (χ2n) is 8.79. The molecule has 2 aromatic rings. The van der Waals surface area contributed by atoms with Crippen LogP contribution in [-0.2, 0) is 0 Å². The molecule has 4 N–H and O–H groups in total. The van der Waals surface area contributed by atoms with E-state index in [2.05, 4.69) is 15.5 Å². The highest BCUT2D eigenvalue weighted by Crippen LogP contribution is 2.28. The zero-order valence-electron chi connectivity index (χ0n) is 18.2. The van der Waals surface area contributed by atoms with Crippen molar-refractivity contribution in [1.82, 2.24) is 15.5 Å². The maximum absolute atomic E-state index is 12.8. The second kappa shape index (κ2) is 10.5. The van der Waals surface area contributed by atoms with E-state index in [0.717, 1.165) is 44.3 Å². The molecule has 1 aliphatic heterocycles. The molecule has 0 radical (unpaired) electrons. The van der Waals surface area contributed by atoms with Crippen molar-refractivity contribution in [3.05, 3.63) is 70.2 Å². The molecule has 32 heavy (non-hydrogen) atoms. The third-order valence-corrected chi connectivity index (χ3v) is 6.91. The molecule has 0 bridgehead atoms. The number of piperidine rings is 1. The lowest BCUT2D eigenvalue weighted by Crippen LogP contribution is -2.51. The molecule has 2 aromatic carbocycles. The molecule has 1 saturated heterocycles. The van der Waals surface area contributed by atoms with Crippen molar-refractivity contribution in [3.8, 4) is 0 Å². The summed E-state index contributed by atoms with van der Waals surface area (Å²) in [7, 11) is 0. The second-order valence-corrected chi connectivity index (χ2v) is 9.19. The fourth-order valence-corrected chi connectivity index (χ4v) is 4.90. The molecule has 4 rings (SSSR count). The quantitative estimate of drug-likeness (QED) is 0.570. The van der Waals surface area contributed by atoms with Gasteiger partial charge in [-0.2, -0.15) is 0 Å². The Hall–Kier alpha value is -2.41. The number of hydrogen-bond donors (Lipinski definition) is 3. The summed E-state index contributed by atoms with van der Waals surface area (Å²) in [5.74, 6) is -0.0492. The van der Waals surface area contributed by atoms with Gasteiger partial charge in [-0.15, -0.1) is 0 Å². The summed E-state index contributed by atoms with van der Waals surface area (Å²) in [6.45, 7) is 1.51. The van der Waals surface area contributed by atoms with Gasteiger partial charge in [-0.05, 0) is 43.9 Å². The van der Waals surface area contributed by atoms with Crippen molar-refractivity contribution in [3.63, 3.8) is 0 Å². The molecule has 2 aliphatic rings. The van der Waals surface area contributed by atoms with Crippen LogP contribution in [0.15, 0.2) is 48.5 Å². The molecule has 1 aliphatic carbocycles. The van der Waals surface area contributed by atoms with Crippen LogP contribution in [0.25, 0.3) is 0 Å². The van der Waals surface area contributed by atoms with E-state index in [1.54, 1.807) is 24.3 Å². The highest BCUT2D eigenvalue weighted by molar-refractivity contribution is 6.31. The lowest BCUT2D eigenvalue weighted by molar-refractivity contribution is 0.103. The van der Waals surface area contributed by atoms with Crippen molar-refractivity contribution in [2.24, 2.45) is 5.73 Å². The Morgan fingerprint density at radius 2 is 1.53 bits per heavy atom. The van der Waals surface area contributed by atoms with Crippen molar-refractivity contribution < 1.29 is 9.59 Å². The molecule has 1 heterocycles. The average Bonchev–Trinajstić information content (AvgIpc) is 3.32. The van der Waals surface area contributed by atoms with Crippen molar-refractivity contribution in [2.75, 3.05) is 13.1 Å². The zero-order valence-corrected chi connectivity index (χ0v) is 19.0. The van der Waals surface area contributed by atoms with Crippen LogP contribution in [0.3, 0.4) is 0 Å². The van der Waals surface area contributed by atoms with E-state index in [4.69, 9.17) is 17.3 Å². The summed E-state index contributed by atoms with van der Waals surface area (Å²) < 4.78 is 0. The minimum atomic E-state index is -0.403. The minimum absolute atomic E-state index is 0.0492. The van der Waals surface area contributed by atoms with Crippen LogP contribution in [0.1, 0.15) is 66.2 Å². The Bertz CT molecular complexity index is 938. The van der Waals surface area contributed by atoms with Gasteiger partial charge in [-0.3, -0.25) is 9.69 Å². The average molecular weight is 455 g/mol. The molecule has 1 saturated carbocycles. The molecule has 0 aromatic heterocycles. The van der Waals surface area contributed by atoms with Crippen molar-refractivity contribution >= 4 is 23.4 Å². The van der Waals surface area contributed by atoms with E-state index < -0.39 is 6.17 Å². The van der Waals surface area contributed by atoms with Crippen LogP contribution in [0.4, 0.5) is 4.79 Å². The highest BCUT2D eigenvalue weighted by Gasteiger charge is 2.27. The van der Waals surface area contributed by atoms with Crippen LogP contribution < -0.4 is 16.4 Å². The van der Waals surface area contributed by atoms with Crippen LogP contribution in [0.5, 0.6) is 0 Å². The number of carbonyl (C=O) groups excluding carboxylic acids is 2. The molecule has 0 spiro atoms. The first kappa shape index (κ1) is 22.8. The van der Waals surface area contributed by atoms with Gasteiger partial charge in [0.15, 0.2) is 5.78 Å². The summed E-state index contributed by atoms with van der Waals surface area (Å²) in [6.07, 6.45) is 5.79. The maximum Gasteiger partial charge on any atom is 0.315 e. The van der Waals surface area contributed by atoms with Crippen molar-refractivity contribution in [1.29, 1.82) is 0 Å². The van der Waals surface area contributed by atoms with Gasteiger partial charge in [-0.25, -0.2) is 4.79 Å². The smallest absolute Gasteiger partial charge is 0.315 e. The number of nitrogens with two attached hydrogens (primary N) is 1. The predicted octanol–water partition coefficient (Wildman–Crippen LogP) is 4.23. The molecular formula is C25H31ClN4O2. The minimum Gasteiger partial charge on any atom is -0.335 e. The van der Waals surface area contributed by atoms with E-state index in [1.807, 2.05) is 24.3 Å². The summed E-state index contributed by atoms with van der Waals surface area (Å²) in [6, 6.07) is 14.9. The van der Waals surface area contributed by atoms with Gasteiger partial charge in [0.25, 0.3) is 0 Å². The number of urea groups is 1. The van der Waals surface area contributed by atoms with E-state index in [1.165, 1.54) is 12.8 Å². The van der Waals surface area contributed by atoms with Crippen molar-refractivity contribution in [2.45, 2.75) is 56.8 Å². The van der Waals surface area contributed by atoms with Gasteiger partial charge in [0.1, 0.15) is 0 Å². The van der Waals surface area contributed by atoms with Crippen LogP contribution in [-0.4, -0.2) is 41.9 Å². The van der Waals surface area contributed by atoms with Gasteiger partial charge in [0.05, 0.1) is 6.17 Å². The number of likely N-dealkylation sites (tertiary alicyclic amines) is 1. The number of benzene rings is 2. The number of nitrogens with zero attached hydrogens (tertiary/aromatic N) is 1. The van der Waals surface area contributed by atoms with E-state index in [0.29, 0.717) is 22.2 Å². The van der Waals surface area contributed by atoms with E-state index in [-0.39, 0.29) is 17.9 Å². The van der Waals surface area contributed by atoms with Gasteiger partial charge in [0, 0.05) is 46.9 Å². The van der Waals surface area contributed by atoms with Gasteiger partial charge in [-0.1, -0.05) is 54.8 Å². The first-order chi connectivity index (χ1) is 15.5. The maximum atomic E-state index is 12.8. The first-order valence-electron chi connectivity index (χ1n) is 11.5. The Kier molecular flexibility index (Phi) is 7.45. The number of halogens is 1. The van der Waals surface area contributed by atoms with E-state index in [9.17, 15) is 9.59 Å². The van der Waals surface area contributed by atoms with Gasteiger partial charge < -0.3 is 16.4 Å². The number of carbonyl (C=O) groups is 2. The molecule has 7 heteroatoms. The summed E-state index contributed by atoms with van der Waals surface area (Å²) in [4.78, 5) is 27.2. The number of hydrogen-bond acceptors (Lipinski definition) is 4. The lowest BCUT2D eigenvalue weighted by Gasteiger charge is -2.36. The number of nitrogens with one attached hydrogen (secondary N) is 2. The molecule has 170 valence electrons. The fourth-order valence-electron chi connectivity index (χ4n) is 4.67. The summed E-state index contributed by atoms with van der Waals surface area (Å²) in [5, 5.41) is 6.75. The van der Waals surface area contributed by atoms with Crippen LogP contribution in [0, 0.1) is 0 Å². The number of rotatable bonds is 6. The SMILES string of the molecule is NC(c1cc(C(=O)c2ccccc2)ccc1Cl)N1CCC(NC(=O)NC2CCCC2)CC1.